The molecule has 2 aliphatic carbocycles. The van der Waals surface area contributed by atoms with E-state index in [1.165, 1.54) is 16.2 Å². The molecule has 2 saturated carbocycles. The third kappa shape index (κ3) is 9.29. The van der Waals surface area contributed by atoms with E-state index in [2.05, 4.69) is 29.2 Å². The lowest BCUT2D eigenvalue weighted by atomic mass is 10.0. The minimum Gasteiger partial charge on any atom is -0.496 e. The Morgan fingerprint density at radius 3 is 2.45 bits per heavy atom. The predicted molar refractivity (Wildman–Crippen MR) is 236 cm³/mol. The molecule has 15 nitrogen and oxygen atoms in total. The van der Waals surface area contributed by atoms with Crippen LogP contribution in [-0.4, -0.2) is 94.3 Å². The van der Waals surface area contributed by atoms with Crippen LogP contribution < -0.4 is 24.8 Å². The lowest BCUT2D eigenvalue weighted by Crippen LogP contribution is -2.58. The van der Waals surface area contributed by atoms with Crippen molar-refractivity contribution in [3.63, 3.8) is 0 Å². The van der Waals surface area contributed by atoms with Crippen LogP contribution in [0.15, 0.2) is 35.7 Å². The van der Waals surface area contributed by atoms with Crippen LogP contribution >= 0.6 is 11.3 Å². The summed E-state index contributed by atoms with van der Waals surface area (Å²) in [4.78, 5) is 68.3. The van der Waals surface area contributed by atoms with Crippen molar-refractivity contribution in [2.24, 2.45) is 5.92 Å². The van der Waals surface area contributed by atoms with Crippen molar-refractivity contribution in [1.82, 2.24) is 30.2 Å². The van der Waals surface area contributed by atoms with Gasteiger partial charge in [-0.25, -0.2) is 23.2 Å². The van der Waals surface area contributed by atoms with Crippen LogP contribution in [0.3, 0.4) is 0 Å². The molecular formula is C45H60N6O9S2. The van der Waals surface area contributed by atoms with Gasteiger partial charge in [-0.1, -0.05) is 38.8 Å². The summed E-state index contributed by atoms with van der Waals surface area (Å²) in [6, 6.07) is 3.32. The lowest BCUT2D eigenvalue weighted by molar-refractivity contribution is -0.141. The third-order valence-electron chi connectivity index (χ3n) is 12.5. The van der Waals surface area contributed by atoms with Crippen molar-refractivity contribution in [1.29, 1.82) is 0 Å². The average Bonchev–Trinajstić information content (AvgIpc) is 3.99. The maximum atomic E-state index is 14.9. The van der Waals surface area contributed by atoms with Crippen molar-refractivity contribution in [3.8, 4) is 22.2 Å². The second kappa shape index (κ2) is 16.7. The van der Waals surface area contributed by atoms with Crippen LogP contribution in [0.4, 0.5) is 4.79 Å². The average molecular weight is 893 g/mol. The summed E-state index contributed by atoms with van der Waals surface area (Å²) < 4.78 is 46.1. The normalized spacial score (nSPS) is 26.9. The number of carbonyl (C=O) groups is 4. The van der Waals surface area contributed by atoms with Crippen LogP contribution in [-0.2, 0) is 29.1 Å². The number of allylic oxidation sites excluding steroid dienone is 1. The molecule has 2 aliphatic heterocycles. The molecule has 7 rings (SSSR count). The van der Waals surface area contributed by atoms with Gasteiger partial charge in [0.1, 0.15) is 51.0 Å². The van der Waals surface area contributed by atoms with Crippen LogP contribution in [0.1, 0.15) is 123 Å². The molecule has 4 heterocycles. The second-order valence-electron chi connectivity index (χ2n) is 19.2. The SMILES string of the molecule is COc1ccc2c(OC3(C)C[C@H]4C(=O)N[C@]5(C(=O)NS(=O)(=O)C6(C)CC6)C[C@H]5/C=C\CCCCC[C@H](NC(=O)OC(C)(C)C)C(=O)N4C3)cc(-c3nc(C(C)C)cs3)nc2c1C. The zero-order valence-electron chi connectivity index (χ0n) is 37.2. The minimum absolute atomic E-state index is 0.00133. The Morgan fingerprint density at radius 1 is 1.05 bits per heavy atom. The predicted octanol–water partition coefficient (Wildman–Crippen LogP) is 6.82. The molecule has 17 heteroatoms. The fourth-order valence-corrected chi connectivity index (χ4v) is 10.6. The molecule has 0 spiro atoms. The zero-order valence-corrected chi connectivity index (χ0v) is 38.8. The number of rotatable bonds is 9. The Hall–Kier alpha value is -4.77. The summed E-state index contributed by atoms with van der Waals surface area (Å²) >= 11 is 1.48. The first kappa shape index (κ1) is 45.3. The molecule has 0 bridgehead atoms. The Morgan fingerprint density at radius 2 is 1.79 bits per heavy atom. The van der Waals surface area contributed by atoms with Gasteiger partial charge in [-0.2, -0.15) is 0 Å². The van der Waals surface area contributed by atoms with Gasteiger partial charge in [0, 0.05) is 34.7 Å². The highest BCUT2D eigenvalue weighted by Gasteiger charge is 2.63. The molecule has 3 fully saturated rings. The molecule has 1 unspecified atom stereocenters. The number of pyridine rings is 1. The molecule has 62 heavy (non-hydrogen) atoms. The third-order valence-corrected chi connectivity index (χ3v) is 15.5. The molecule has 3 N–H and O–H groups in total. The van der Waals surface area contributed by atoms with Crippen LogP contribution in [0, 0.1) is 12.8 Å². The van der Waals surface area contributed by atoms with E-state index >= 15 is 0 Å². The van der Waals surface area contributed by atoms with Gasteiger partial charge < -0.3 is 29.7 Å². The maximum Gasteiger partial charge on any atom is 0.408 e. The van der Waals surface area contributed by atoms with Crippen LogP contribution in [0.25, 0.3) is 21.6 Å². The number of carbonyl (C=O) groups excluding carboxylic acids is 4. The fraction of sp³-hybridized carbons (Fsp3) is 0.600. The van der Waals surface area contributed by atoms with E-state index in [1.54, 1.807) is 34.8 Å². The van der Waals surface area contributed by atoms with Gasteiger partial charge in [0.2, 0.25) is 21.8 Å². The minimum atomic E-state index is -4.02. The lowest BCUT2D eigenvalue weighted by Gasteiger charge is -2.31. The van der Waals surface area contributed by atoms with E-state index in [-0.39, 0.29) is 25.3 Å². The van der Waals surface area contributed by atoms with E-state index in [0.29, 0.717) is 65.2 Å². The number of aromatic nitrogens is 2. The maximum absolute atomic E-state index is 14.9. The number of nitrogens with zero attached hydrogens (tertiary/aromatic N) is 3. The number of fused-ring (bicyclic) bond motifs is 3. The highest BCUT2D eigenvalue weighted by atomic mass is 32.2. The van der Waals surface area contributed by atoms with E-state index in [1.807, 2.05) is 49.6 Å². The first-order valence-electron chi connectivity index (χ1n) is 21.6. The summed E-state index contributed by atoms with van der Waals surface area (Å²) in [6.45, 7) is 14.6. The number of methoxy groups -OCH3 is 1. The van der Waals surface area contributed by atoms with Crippen molar-refractivity contribution in [2.45, 2.75) is 153 Å². The van der Waals surface area contributed by atoms with Gasteiger partial charge >= 0.3 is 6.09 Å². The van der Waals surface area contributed by atoms with Crippen molar-refractivity contribution < 1.29 is 41.8 Å². The first-order chi connectivity index (χ1) is 29.1. The summed E-state index contributed by atoms with van der Waals surface area (Å²) in [5.41, 5.74) is -0.615. The summed E-state index contributed by atoms with van der Waals surface area (Å²) in [6.07, 6.45) is 7.22. The number of hydrogen-bond donors (Lipinski definition) is 3. The van der Waals surface area contributed by atoms with E-state index in [9.17, 15) is 27.6 Å². The first-order valence-corrected chi connectivity index (χ1v) is 23.9. The van der Waals surface area contributed by atoms with Crippen molar-refractivity contribution in [3.05, 3.63) is 47.0 Å². The van der Waals surface area contributed by atoms with E-state index in [0.717, 1.165) is 24.1 Å². The highest BCUT2D eigenvalue weighted by Crippen LogP contribution is 2.48. The topological polar surface area (TPSA) is 195 Å². The molecule has 1 aromatic carbocycles. The molecule has 5 atom stereocenters. The highest BCUT2D eigenvalue weighted by molar-refractivity contribution is 7.91. The number of nitrogens with one attached hydrogen (secondary N) is 3. The monoisotopic (exact) mass is 892 g/mol. The van der Waals surface area contributed by atoms with E-state index in [4.69, 9.17) is 24.2 Å². The molecule has 4 amide bonds. The number of amides is 4. The van der Waals surface area contributed by atoms with E-state index < -0.39 is 73.3 Å². The molecular weight excluding hydrogens is 833 g/mol. The van der Waals surface area contributed by atoms with Gasteiger partial charge in [-0.3, -0.25) is 19.1 Å². The standard InChI is InChI=1S/C45H60N6O9S2/c1-26(2)32-24-61-38(47-32)31-21-35(29-17-18-34(58-9)27(3)36(29)46-31)59-43(7)23-33-37(52)49-45(40(54)50-62(56,57)44(8)19-20-44)22-28(45)15-13-11-10-12-14-16-30(39(53)51(33)25-43)48-41(55)60-42(4,5)6/h13,15,17-18,21,24,26,28,30,33H,10-12,14,16,19-20,22-23,25H2,1-9H3,(H,48,55)(H,49,52)(H,50,54)/b15-13-/t28-,30+,33+,43?,45-/m1/s1. The molecule has 0 radical (unpaired) electrons. The van der Waals surface area contributed by atoms with Crippen LogP contribution in [0.5, 0.6) is 11.5 Å². The van der Waals surface area contributed by atoms with Gasteiger partial charge in [0.05, 0.1) is 29.6 Å². The van der Waals surface area contributed by atoms with Gasteiger partial charge in [0.15, 0.2) is 0 Å². The molecule has 336 valence electrons. The molecule has 3 aromatic rings. The fourth-order valence-electron chi connectivity index (χ4n) is 8.34. The number of ether oxygens (including phenoxy) is 3. The number of sulfonamides is 1. The Balaban J connectivity index is 1.27. The summed E-state index contributed by atoms with van der Waals surface area (Å²) in [7, 11) is -2.43. The van der Waals surface area contributed by atoms with Gasteiger partial charge in [-0.05, 0) is 98.1 Å². The smallest absolute Gasteiger partial charge is 0.408 e. The quantitative estimate of drug-likeness (QED) is 0.191. The van der Waals surface area contributed by atoms with Crippen molar-refractivity contribution in [2.75, 3.05) is 13.7 Å². The Labute approximate surface area is 368 Å². The Kier molecular flexibility index (Phi) is 12.2. The number of aryl methyl sites for hydroxylation is 1. The summed E-state index contributed by atoms with van der Waals surface area (Å²) in [5.74, 6) is -1.10. The van der Waals surface area contributed by atoms with Crippen LogP contribution in [0.2, 0.25) is 0 Å². The number of alkyl carbamates (subject to hydrolysis) is 1. The largest absolute Gasteiger partial charge is 0.496 e. The Bertz CT molecular complexity index is 2400. The molecule has 4 aliphatic rings. The number of hydrogen-bond acceptors (Lipinski definition) is 12. The molecule has 2 aromatic heterocycles. The van der Waals surface area contributed by atoms with Crippen molar-refractivity contribution >= 4 is 56.1 Å². The second-order valence-corrected chi connectivity index (χ2v) is 22.2. The molecule has 1 saturated heterocycles. The number of benzene rings is 1. The number of thiazole rings is 1. The zero-order chi connectivity index (χ0) is 45.0. The summed E-state index contributed by atoms with van der Waals surface area (Å²) in [5, 5.41) is 9.13. The van der Waals surface area contributed by atoms with Gasteiger partial charge in [0.25, 0.3) is 5.91 Å². The van der Waals surface area contributed by atoms with Gasteiger partial charge in [-0.15, -0.1) is 11.3 Å².